The molecule has 5 rings (SSSR count). The van der Waals surface area contributed by atoms with Gasteiger partial charge in [-0.1, -0.05) is 24.3 Å². The van der Waals surface area contributed by atoms with Gasteiger partial charge in [-0.25, -0.2) is 0 Å². The average Bonchev–Trinajstić information content (AvgIpc) is 3.14. The van der Waals surface area contributed by atoms with Crippen LogP contribution in [0.15, 0.2) is 76.8 Å². The third kappa shape index (κ3) is 2.80. The molecule has 0 radical (unpaired) electrons. The molecule has 1 unspecified atom stereocenters. The van der Waals surface area contributed by atoms with Crippen molar-refractivity contribution in [3.63, 3.8) is 0 Å². The molecule has 4 heteroatoms. The van der Waals surface area contributed by atoms with Crippen molar-refractivity contribution in [2.45, 2.75) is 12.3 Å². The van der Waals surface area contributed by atoms with Crippen molar-refractivity contribution in [2.75, 3.05) is 24.6 Å². The number of ether oxygens (including phenoxy) is 1. The standard InChI is InChI=1S/C22H20N2OS/c1-2-4-20-19(3-1)21(7-9-23-20)24-10-11-25-22-6-5-16(13-18(22)14-24)17-8-12-26-15-17/h1-4,6-9,12-13,15-16H,5,10-11,14H2. The highest BCUT2D eigenvalue weighted by Gasteiger charge is 2.24. The molecular weight excluding hydrogens is 340 g/mol. The second kappa shape index (κ2) is 6.61. The monoisotopic (exact) mass is 360 g/mol. The summed E-state index contributed by atoms with van der Waals surface area (Å²) in [5.74, 6) is 1.52. The van der Waals surface area contributed by atoms with Crippen LogP contribution in [0.2, 0.25) is 0 Å². The summed E-state index contributed by atoms with van der Waals surface area (Å²) in [4.78, 5) is 6.93. The van der Waals surface area contributed by atoms with Crippen LogP contribution in [0.1, 0.15) is 17.9 Å². The van der Waals surface area contributed by atoms with Gasteiger partial charge in [0, 0.05) is 35.3 Å². The van der Waals surface area contributed by atoms with Gasteiger partial charge in [0.2, 0.25) is 0 Å². The number of hydrogen-bond donors (Lipinski definition) is 0. The van der Waals surface area contributed by atoms with E-state index in [4.69, 9.17) is 4.74 Å². The SMILES string of the molecule is C1=C2CN(c3ccnc4ccccc34)CCOC2=CCC1c1ccsc1. The first-order valence-electron chi connectivity index (χ1n) is 9.03. The van der Waals surface area contributed by atoms with Crippen LogP contribution in [-0.4, -0.2) is 24.7 Å². The Hall–Kier alpha value is -2.59. The lowest BCUT2D eigenvalue weighted by Crippen LogP contribution is -2.27. The van der Waals surface area contributed by atoms with Gasteiger partial charge < -0.3 is 9.64 Å². The van der Waals surface area contributed by atoms with Gasteiger partial charge >= 0.3 is 0 Å². The van der Waals surface area contributed by atoms with Gasteiger partial charge in [-0.15, -0.1) is 0 Å². The minimum Gasteiger partial charge on any atom is -0.492 e. The Morgan fingerprint density at radius 3 is 3.04 bits per heavy atom. The van der Waals surface area contributed by atoms with Crippen molar-refractivity contribution in [3.05, 3.63) is 82.4 Å². The number of para-hydroxylation sites is 1. The van der Waals surface area contributed by atoms with Crippen LogP contribution in [0.25, 0.3) is 10.9 Å². The zero-order chi connectivity index (χ0) is 17.3. The Balaban J connectivity index is 1.51. The number of allylic oxidation sites excluding steroid dienone is 2. The van der Waals surface area contributed by atoms with E-state index in [1.807, 2.05) is 12.3 Å². The Labute approximate surface area is 157 Å². The summed E-state index contributed by atoms with van der Waals surface area (Å²) in [5, 5.41) is 5.62. The molecule has 26 heavy (non-hydrogen) atoms. The van der Waals surface area contributed by atoms with Crippen LogP contribution in [0.5, 0.6) is 0 Å². The first-order valence-corrected chi connectivity index (χ1v) is 9.97. The highest BCUT2D eigenvalue weighted by atomic mass is 32.1. The van der Waals surface area contributed by atoms with Crippen LogP contribution < -0.4 is 4.90 Å². The fourth-order valence-corrected chi connectivity index (χ4v) is 4.60. The molecule has 1 aromatic carbocycles. The fraction of sp³-hybridized carbons (Fsp3) is 0.227. The third-order valence-corrected chi connectivity index (χ3v) is 5.90. The number of pyridine rings is 1. The van der Waals surface area contributed by atoms with Crippen molar-refractivity contribution in [2.24, 2.45) is 0 Å². The molecule has 1 saturated heterocycles. The summed E-state index contributed by atoms with van der Waals surface area (Å²) in [6.07, 6.45) is 7.60. The molecule has 0 N–H and O–H groups in total. The van der Waals surface area contributed by atoms with Crippen molar-refractivity contribution in [1.29, 1.82) is 0 Å². The van der Waals surface area contributed by atoms with Crippen molar-refractivity contribution < 1.29 is 4.74 Å². The number of aromatic nitrogens is 1. The van der Waals surface area contributed by atoms with E-state index < -0.39 is 0 Å². The third-order valence-electron chi connectivity index (χ3n) is 5.19. The van der Waals surface area contributed by atoms with E-state index in [1.54, 1.807) is 11.3 Å². The molecule has 0 amide bonds. The maximum atomic E-state index is 6.07. The van der Waals surface area contributed by atoms with Gasteiger partial charge in [0.15, 0.2) is 0 Å². The van der Waals surface area contributed by atoms with E-state index >= 15 is 0 Å². The summed E-state index contributed by atoms with van der Waals surface area (Å²) in [5.41, 5.74) is 4.98. The van der Waals surface area contributed by atoms with Gasteiger partial charge in [-0.2, -0.15) is 11.3 Å². The van der Waals surface area contributed by atoms with Crippen molar-refractivity contribution >= 4 is 27.9 Å². The van der Waals surface area contributed by atoms with Crippen LogP contribution in [0, 0.1) is 0 Å². The molecule has 1 aliphatic heterocycles. The first kappa shape index (κ1) is 15.6. The lowest BCUT2D eigenvalue weighted by Gasteiger charge is -2.25. The minimum atomic E-state index is 0.456. The maximum Gasteiger partial charge on any atom is 0.120 e. The number of anilines is 1. The molecule has 1 aliphatic carbocycles. The normalized spacial score (nSPS) is 20.0. The predicted molar refractivity (Wildman–Crippen MR) is 108 cm³/mol. The van der Waals surface area contributed by atoms with E-state index in [2.05, 4.69) is 63.1 Å². The number of nitrogens with zero attached hydrogens (tertiary/aromatic N) is 2. The second-order valence-corrected chi connectivity index (χ2v) is 7.56. The zero-order valence-electron chi connectivity index (χ0n) is 14.5. The van der Waals surface area contributed by atoms with Crippen LogP contribution in [0.3, 0.4) is 0 Å². The van der Waals surface area contributed by atoms with Crippen molar-refractivity contribution in [3.8, 4) is 0 Å². The Bertz CT molecular complexity index is 985. The first-order chi connectivity index (χ1) is 12.9. The summed E-state index contributed by atoms with van der Waals surface area (Å²) in [6, 6.07) is 12.7. The molecule has 2 aromatic heterocycles. The second-order valence-electron chi connectivity index (χ2n) is 6.78. The van der Waals surface area contributed by atoms with Gasteiger partial charge in [0.05, 0.1) is 12.1 Å². The summed E-state index contributed by atoms with van der Waals surface area (Å²) >= 11 is 1.77. The molecule has 1 atom stereocenters. The smallest absolute Gasteiger partial charge is 0.120 e. The van der Waals surface area contributed by atoms with Crippen LogP contribution >= 0.6 is 11.3 Å². The molecule has 0 saturated carbocycles. The molecule has 3 aromatic rings. The minimum absolute atomic E-state index is 0.456. The highest BCUT2D eigenvalue weighted by molar-refractivity contribution is 7.08. The fourth-order valence-electron chi connectivity index (χ4n) is 3.87. The summed E-state index contributed by atoms with van der Waals surface area (Å²) < 4.78 is 6.07. The lowest BCUT2D eigenvalue weighted by atomic mass is 9.90. The average molecular weight is 360 g/mol. The number of rotatable bonds is 2. The van der Waals surface area contributed by atoms with Crippen LogP contribution in [0.4, 0.5) is 5.69 Å². The van der Waals surface area contributed by atoms with E-state index in [9.17, 15) is 0 Å². The zero-order valence-corrected chi connectivity index (χ0v) is 15.3. The van der Waals surface area contributed by atoms with Gasteiger partial charge in [0.25, 0.3) is 0 Å². The highest BCUT2D eigenvalue weighted by Crippen LogP contribution is 2.35. The van der Waals surface area contributed by atoms with E-state index in [-0.39, 0.29) is 0 Å². The maximum absolute atomic E-state index is 6.07. The number of benzene rings is 1. The largest absolute Gasteiger partial charge is 0.492 e. The topological polar surface area (TPSA) is 25.4 Å². The van der Waals surface area contributed by atoms with Crippen molar-refractivity contribution in [1.82, 2.24) is 4.98 Å². The molecule has 3 heterocycles. The van der Waals surface area contributed by atoms with Gasteiger partial charge in [-0.05, 0) is 47.0 Å². The van der Waals surface area contributed by atoms with E-state index in [1.165, 1.54) is 22.2 Å². The molecule has 0 spiro atoms. The number of fused-ring (bicyclic) bond motifs is 2. The van der Waals surface area contributed by atoms with Gasteiger partial charge in [0.1, 0.15) is 12.4 Å². The number of hydrogen-bond acceptors (Lipinski definition) is 4. The van der Waals surface area contributed by atoms with E-state index in [0.717, 1.165) is 30.8 Å². The molecule has 3 nitrogen and oxygen atoms in total. The Kier molecular flexibility index (Phi) is 3.98. The molecular formula is C22H20N2OS. The molecule has 2 aliphatic rings. The summed E-state index contributed by atoms with van der Waals surface area (Å²) in [7, 11) is 0. The van der Waals surface area contributed by atoms with E-state index in [0.29, 0.717) is 12.5 Å². The molecule has 0 bridgehead atoms. The molecule has 130 valence electrons. The van der Waals surface area contributed by atoms with Crippen LogP contribution in [-0.2, 0) is 4.74 Å². The summed E-state index contributed by atoms with van der Waals surface area (Å²) in [6.45, 7) is 2.47. The quantitative estimate of drug-likeness (QED) is 0.633. The predicted octanol–water partition coefficient (Wildman–Crippen LogP) is 5.13. The Morgan fingerprint density at radius 2 is 2.12 bits per heavy atom. The Morgan fingerprint density at radius 1 is 1.15 bits per heavy atom. The lowest BCUT2D eigenvalue weighted by molar-refractivity contribution is 0.233. The number of thiophene rings is 1. The van der Waals surface area contributed by atoms with Gasteiger partial charge in [-0.3, -0.25) is 4.98 Å². The molecule has 1 fully saturated rings.